The Morgan fingerprint density at radius 3 is 2.50 bits per heavy atom. The third-order valence-electron chi connectivity index (χ3n) is 6.89. The maximum absolute atomic E-state index is 12.6. The zero-order valence-electron chi connectivity index (χ0n) is 20.9. The maximum Gasteiger partial charge on any atom is 0.239 e. The molecule has 1 saturated carbocycles. The first-order valence-corrected chi connectivity index (χ1v) is 12.3. The summed E-state index contributed by atoms with van der Waals surface area (Å²) in [6, 6.07) is 17.9. The van der Waals surface area contributed by atoms with Crippen LogP contribution in [0.3, 0.4) is 0 Å². The van der Waals surface area contributed by atoms with Crippen LogP contribution in [0.25, 0.3) is 44.4 Å². The van der Waals surface area contributed by atoms with Crippen molar-refractivity contribution in [2.24, 2.45) is 5.92 Å². The predicted molar refractivity (Wildman–Crippen MR) is 144 cm³/mol. The molecule has 190 valence electrons. The number of aromatic hydroxyl groups is 2. The standard InChI is InChI=1S/C30H25N3O5/c1-16-5-12-20(21-4-3-13-31-27(16)21)22-14-23(25(35)15-24(22)34)28-26(17-8-10-19(37-2)11-9-17)30(38-33-28)32-29(36)18-6-7-18/h3-5,8-15,18,34-35H,6-7H2,1-2H3,(H,32,36). The van der Waals surface area contributed by atoms with Gasteiger partial charge in [-0.05, 0) is 60.7 Å². The number of hydrogen-bond donors (Lipinski definition) is 3. The van der Waals surface area contributed by atoms with Gasteiger partial charge in [-0.2, -0.15) is 0 Å². The van der Waals surface area contributed by atoms with Crippen molar-refractivity contribution in [3.63, 3.8) is 0 Å². The van der Waals surface area contributed by atoms with Crippen molar-refractivity contribution in [2.45, 2.75) is 19.8 Å². The Hall–Kier alpha value is -4.85. The van der Waals surface area contributed by atoms with Gasteiger partial charge in [-0.3, -0.25) is 15.1 Å². The number of aryl methyl sites for hydroxylation is 1. The van der Waals surface area contributed by atoms with E-state index < -0.39 is 0 Å². The lowest BCUT2D eigenvalue weighted by Crippen LogP contribution is -2.13. The highest BCUT2D eigenvalue weighted by Gasteiger charge is 2.32. The normalized spacial score (nSPS) is 13.0. The highest BCUT2D eigenvalue weighted by molar-refractivity contribution is 6.02. The molecular weight excluding hydrogens is 482 g/mol. The zero-order valence-corrected chi connectivity index (χ0v) is 20.9. The van der Waals surface area contributed by atoms with Crippen molar-refractivity contribution in [2.75, 3.05) is 12.4 Å². The Kier molecular flexibility index (Phi) is 5.72. The lowest BCUT2D eigenvalue weighted by atomic mass is 9.93. The molecule has 8 nitrogen and oxygen atoms in total. The van der Waals surface area contributed by atoms with Crippen LogP contribution in [0.1, 0.15) is 18.4 Å². The molecule has 0 aliphatic heterocycles. The number of pyridine rings is 1. The Balaban J connectivity index is 1.54. The van der Waals surface area contributed by atoms with Gasteiger partial charge in [-0.25, -0.2) is 0 Å². The quantitative estimate of drug-likeness (QED) is 0.247. The number of aromatic nitrogens is 2. The topological polar surface area (TPSA) is 118 Å². The number of hydrogen-bond acceptors (Lipinski definition) is 7. The first kappa shape index (κ1) is 23.5. The lowest BCUT2D eigenvalue weighted by molar-refractivity contribution is -0.117. The molecule has 0 bridgehead atoms. The van der Waals surface area contributed by atoms with E-state index in [1.54, 1.807) is 31.5 Å². The summed E-state index contributed by atoms with van der Waals surface area (Å²) in [6.45, 7) is 1.98. The summed E-state index contributed by atoms with van der Waals surface area (Å²) in [6.07, 6.45) is 3.41. The minimum atomic E-state index is -0.177. The Morgan fingerprint density at radius 1 is 1.00 bits per heavy atom. The van der Waals surface area contributed by atoms with E-state index in [1.807, 2.05) is 43.3 Å². The molecule has 38 heavy (non-hydrogen) atoms. The number of anilines is 1. The molecule has 1 amide bonds. The van der Waals surface area contributed by atoms with Gasteiger partial charge in [0.25, 0.3) is 0 Å². The number of carbonyl (C=O) groups excluding carboxylic acids is 1. The molecule has 0 saturated heterocycles. The van der Waals surface area contributed by atoms with Gasteiger partial charge in [0.15, 0.2) is 0 Å². The van der Waals surface area contributed by atoms with E-state index in [1.165, 1.54) is 6.07 Å². The van der Waals surface area contributed by atoms with E-state index >= 15 is 0 Å². The summed E-state index contributed by atoms with van der Waals surface area (Å²) < 4.78 is 10.9. The smallest absolute Gasteiger partial charge is 0.239 e. The minimum Gasteiger partial charge on any atom is -0.507 e. The Morgan fingerprint density at radius 2 is 1.76 bits per heavy atom. The van der Waals surface area contributed by atoms with E-state index in [-0.39, 0.29) is 29.2 Å². The molecule has 0 spiro atoms. The van der Waals surface area contributed by atoms with Gasteiger partial charge in [0.2, 0.25) is 11.8 Å². The van der Waals surface area contributed by atoms with Crippen LogP contribution in [-0.4, -0.2) is 33.4 Å². The summed E-state index contributed by atoms with van der Waals surface area (Å²) in [5.41, 5.74) is 5.00. The van der Waals surface area contributed by atoms with Crippen molar-refractivity contribution in [3.8, 4) is 50.8 Å². The number of rotatable bonds is 6. The highest BCUT2D eigenvalue weighted by atomic mass is 16.5. The molecule has 8 heteroatoms. The Bertz CT molecular complexity index is 1690. The number of benzene rings is 3. The molecule has 3 aromatic carbocycles. The van der Waals surface area contributed by atoms with Gasteiger partial charge >= 0.3 is 0 Å². The molecule has 1 aliphatic rings. The maximum atomic E-state index is 12.6. The summed E-state index contributed by atoms with van der Waals surface area (Å²) in [5.74, 6) is 0.438. The van der Waals surface area contributed by atoms with E-state index in [0.29, 0.717) is 33.7 Å². The molecule has 0 radical (unpaired) electrons. The molecule has 1 fully saturated rings. The average Bonchev–Trinajstić information content (AvgIpc) is 3.71. The second-order valence-corrected chi connectivity index (χ2v) is 9.44. The SMILES string of the molecule is COc1ccc(-c2c(-c3cc(-c4ccc(C)c5ncccc45)c(O)cc3O)noc2NC(=O)C2CC2)cc1. The van der Waals surface area contributed by atoms with Gasteiger partial charge in [-0.15, -0.1) is 0 Å². The predicted octanol–water partition coefficient (Wildman–Crippen LogP) is 6.30. The van der Waals surface area contributed by atoms with Crippen LogP contribution in [0.2, 0.25) is 0 Å². The third-order valence-corrected chi connectivity index (χ3v) is 6.89. The van der Waals surface area contributed by atoms with E-state index in [2.05, 4.69) is 15.5 Å². The number of phenols is 2. The number of phenolic OH excluding ortho intramolecular Hbond substituents is 2. The van der Waals surface area contributed by atoms with Crippen LogP contribution < -0.4 is 10.1 Å². The van der Waals surface area contributed by atoms with E-state index in [4.69, 9.17) is 9.26 Å². The molecule has 0 atom stereocenters. The van der Waals surface area contributed by atoms with Crippen LogP contribution in [0.15, 0.2) is 71.4 Å². The molecule has 5 aromatic rings. The number of fused-ring (bicyclic) bond motifs is 1. The van der Waals surface area contributed by atoms with E-state index in [9.17, 15) is 15.0 Å². The van der Waals surface area contributed by atoms with Crippen molar-refractivity contribution < 1.29 is 24.3 Å². The summed E-state index contributed by atoms with van der Waals surface area (Å²) in [4.78, 5) is 17.1. The van der Waals surface area contributed by atoms with Gasteiger partial charge in [0, 0.05) is 34.7 Å². The molecule has 1 aliphatic carbocycles. The number of nitrogens with zero attached hydrogens (tertiary/aromatic N) is 2. The van der Waals surface area contributed by atoms with Gasteiger partial charge in [0.05, 0.1) is 18.2 Å². The first-order valence-electron chi connectivity index (χ1n) is 12.3. The van der Waals surface area contributed by atoms with Crippen LogP contribution in [-0.2, 0) is 4.79 Å². The fourth-order valence-corrected chi connectivity index (χ4v) is 4.68. The van der Waals surface area contributed by atoms with Crippen LogP contribution in [0.4, 0.5) is 5.88 Å². The molecule has 2 heterocycles. The van der Waals surface area contributed by atoms with Gasteiger partial charge in [0.1, 0.15) is 22.9 Å². The fourth-order valence-electron chi connectivity index (χ4n) is 4.68. The number of nitrogens with one attached hydrogen (secondary N) is 1. The number of carbonyl (C=O) groups is 1. The Labute approximate surface area is 218 Å². The molecule has 3 N–H and O–H groups in total. The molecule has 0 unspecified atom stereocenters. The number of methoxy groups -OCH3 is 1. The molecule has 2 aromatic heterocycles. The lowest BCUT2D eigenvalue weighted by Gasteiger charge is -2.13. The van der Waals surface area contributed by atoms with Crippen molar-refractivity contribution in [1.29, 1.82) is 0 Å². The van der Waals surface area contributed by atoms with Gasteiger partial charge in [-0.1, -0.05) is 35.5 Å². The first-order chi connectivity index (χ1) is 18.4. The van der Waals surface area contributed by atoms with Crippen LogP contribution >= 0.6 is 0 Å². The highest BCUT2D eigenvalue weighted by Crippen LogP contribution is 2.46. The summed E-state index contributed by atoms with van der Waals surface area (Å²) in [7, 11) is 1.58. The van der Waals surface area contributed by atoms with Gasteiger partial charge < -0.3 is 19.5 Å². The molecular formula is C30H25N3O5. The largest absolute Gasteiger partial charge is 0.507 e. The molecule has 6 rings (SSSR count). The summed E-state index contributed by atoms with van der Waals surface area (Å²) in [5, 5.41) is 29.8. The van der Waals surface area contributed by atoms with Crippen molar-refractivity contribution in [3.05, 3.63) is 72.4 Å². The monoisotopic (exact) mass is 507 g/mol. The van der Waals surface area contributed by atoms with E-state index in [0.717, 1.165) is 34.9 Å². The zero-order chi connectivity index (χ0) is 26.4. The van der Waals surface area contributed by atoms with Crippen LogP contribution in [0, 0.1) is 12.8 Å². The fraction of sp³-hybridized carbons (Fsp3) is 0.167. The summed E-state index contributed by atoms with van der Waals surface area (Å²) >= 11 is 0. The van der Waals surface area contributed by atoms with Crippen molar-refractivity contribution >= 4 is 22.7 Å². The second kappa shape index (κ2) is 9.23. The minimum absolute atomic E-state index is 0.0376. The van der Waals surface area contributed by atoms with Crippen LogP contribution in [0.5, 0.6) is 17.2 Å². The second-order valence-electron chi connectivity index (χ2n) is 9.44. The average molecular weight is 508 g/mol. The number of ether oxygens (including phenoxy) is 1. The number of amides is 1. The van der Waals surface area contributed by atoms with Crippen molar-refractivity contribution in [1.82, 2.24) is 10.1 Å². The third kappa shape index (κ3) is 4.10.